The molecule has 3 N–H and O–H groups in total. The molecule has 17 nitrogen and oxygen atoms in total. The normalized spacial score (nSPS) is 28.1. The number of hydrogen-bond acceptors (Lipinski definition) is 17. The number of ketones is 2. The van der Waals surface area contributed by atoms with Crippen LogP contribution in [0.15, 0.2) is 94.9 Å². The molecule has 0 amide bonds. The molecular formula is C74H118Br2O17Si3. The van der Waals surface area contributed by atoms with Gasteiger partial charge in [0.25, 0.3) is 0 Å². The maximum Gasteiger partial charge on any atom is 0.338 e. The lowest BCUT2D eigenvalue weighted by Crippen LogP contribution is -2.69. The Morgan fingerprint density at radius 1 is 0.604 bits per heavy atom. The van der Waals surface area contributed by atoms with Crippen molar-refractivity contribution in [2.75, 3.05) is 6.61 Å². The van der Waals surface area contributed by atoms with Gasteiger partial charge < -0.3 is 61.8 Å². The van der Waals surface area contributed by atoms with Crippen molar-refractivity contribution in [3.8, 4) is 0 Å². The Morgan fingerprint density at radius 3 is 1.54 bits per heavy atom. The lowest BCUT2D eigenvalue weighted by Gasteiger charge is -2.56. The van der Waals surface area contributed by atoms with Crippen LogP contribution in [0.4, 0.5) is 0 Å². The molecule has 7 rings (SSSR count). The highest BCUT2D eigenvalue weighted by molar-refractivity contribution is 9.12. The fourth-order valence-electron chi connectivity index (χ4n) is 12.0. The molecule has 0 aromatic heterocycles. The van der Waals surface area contributed by atoms with Gasteiger partial charge in [-0.05, 0) is 145 Å². The molecule has 2 aromatic rings. The molecule has 0 radical (unpaired) electrons. The topological polar surface area (TPSA) is 221 Å². The molecule has 96 heavy (non-hydrogen) atoms. The second-order valence-electron chi connectivity index (χ2n) is 31.2. The maximum absolute atomic E-state index is 13.9. The van der Waals surface area contributed by atoms with E-state index in [0.717, 1.165) is 25.7 Å². The van der Waals surface area contributed by atoms with Gasteiger partial charge in [-0.15, -0.1) is 0 Å². The molecular weight excluding hydrogens is 1400 g/mol. The highest BCUT2D eigenvalue weighted by Crippen LogP contribution is 2.48. The predicted molar refractivity (Wildman–Crippen MR) is 392 cm³/mol. The minimum atomic E-state index is -2.44. The Labute approximate surface area is 594 Å². The number of hydrogen-bond donors (Lipinski definition) is 3. The smallest absolute Gasteiger partial charge is 0.338 e. The highest BCUT2D eigenvalue weighted by Gasteiger charge is 2.59. The van der Waals surface area contributed by atoms with E-state index in [9.17, 15) is 34.5 Å². The van der Waals surface area contributed by atoms with Gasteiger partial charge in [0, 0.05) is 38.7 Å². The largest absolute Gasteiger partial charge is 0.458 e. The van der Waals surface area contributed by atoms with E-state index in [-0.39, 0.29) is 96.6 Å². The van der Waals surface area contributed by atoms with Gasteiger partial charge in [-0.2, -0.15) is 0 Å². The number of rotatable bonds is 29. The summed E-state index contributed by atoms with van der Waals surface area (Å²) >= 11 is 6.74. The molecule has 542 valence electrons. The number of aliphatic hydroxyl groups is 3. The van der Waals surface area contributed by atoms with E-state index in [1.165, 1.54) is 0 Å². The number of ether oxygens (including phenoxy) is 7. The van der Waals surface area contributed by atoms with Crippen molar-refractivity contribution in [2.24, 2.45) is 0 Å². The van der Waals surface area contributed by atoms with E-state index >= 15 is 0 Å². The zero-order chi connectivity index (χ0) is 70.6. The second kappa shape index (κ2) is 36.3. The molecule has 0 unspecified atom stereocenters. The summed E-state index contributed by atoms with van der Waals surface area (Å²) < 4.78 is 67.4. The first-order valence-corrected chi connectivity index (χ1v) is 44.8. The molecule has 0 aliphatic carbocycles. The zero-order valence-corrected chi connectivity index (χ0v) is 65.7. The van der Waals surface area contributed by atoms with Gasteiger partial charge in [-0.25, -0.2) is 9.59 Å². The first-order chi connectivity index (χ1) is 44.3. The Balaban J connectivity index is 0.000000376. The summed E-state index contributed by atoms with van der Waals surface area (Å²) in [6.07, 6.45) is 1.80. The standard InChI is InChI=1S/C46H79BrO8Si3.C27H35BrO9.CH4/c1-18-22-35-28-30-37-39(50-35)41(54-57(14,15)45(6,7)8)42(55-58(16,17)46(9,10)11)40(52-37)38(53-56(12,13)44(3,4)5)29-26-34(48)25-27-36(31-32(2)47)51-43(49)33-23-20-19-21-24-33;1-15(28)13-19(35-27(33)16-5-3-2-4-6-16)8-7-17(30)14-21-22(31)25-26(37-21)23(32)24-20(36-25)10-9-18(34-24)11-12-29;/h19-21,23-24,26,29,35-42H,2,18,22,25,27-28,30-31H2,1,3-17H3;2-6,18-26,29,31-32H,1,7-14H2;1H4/b29-26+;;/t35-,36+,37-,38-,39-,40-,41-,42+;18-,19-,20+,21-,22+,23+,24+,25+,26+;/m01./s1. The zero-order valence-electron chi connectivity index (χ0n) is 59.6. The van der Waals surface area contributed by atoms with Crippen LogP contribution in [-0.4, -0.2) is 174 Å². The van der Waals surface area contributed by atoms with Crippen molar-refractivity contribution in [3.05, 3.63) is 106 Å². The Hall–Kier alpha value is -2.89. The Bertz CT molecular complexity index is 2860. The van der Waals surface area contributed by atoms with Gasteiger partial charge >= 0.3 is 11.9 Å². The SMILES string of the molecule is C.C=C(Br)C[C@@H](CCC(=O)/C=C/[C@H](O[Si](C)(C)C(C)(C)C)[C@@H]1O[C@H]2CC[C@H](CCC)O[C@@H]2[C@H](O[Si](C)(C)C(C)(C)C)[C@@H]1O[Si](C)(C)C(C)(C)C)OC(=O)c1ccccc1.C=C(Br)C[C@@H](CCC(=O)C[C@H]1O[C@H]2[C@@H](O)[C@H]3O[C@@H](CCO)CC[C@@H]3O[C@H]2[C@H]1O)OC(=O)c1ccccc1. The van der Waals surface area contributed by atoms with Crippen LogP contribution in [0, 0.1) is 0 Å². The summed E-state index contributed by atoms with van der Waals surface area (Å²) in [5.74, 6) is -1.14. The Morgan fingerprint density at radius 2 is 1.06 bits per heavy atom. The van der Waals surface area contributed by atoms with Crippen molar-refractivity contribution in [3.63, 3.8) is 0 Å². The molecule has 5 aliphatic heterocycles. The quantitative estimate of drug-likeness (QED) is 0.0391. The molecule has 0 bridgehead atoms. The first-order valence-electron chi connectivity index (χ1n) is 34.4. The van der Waals surface area contributed by atoms with E-state index in [2.05, 4.69) is 154 Å². The molecule has 0 spiro atoms. The summed E-state index contributed by atoms with van der Waals surface area (Å²) in [6, 6.07) is 17.5. The summed E-state index contributed by atoms with van der Waals surface area (Å²) in [6.45, 7) is 44.0. The molecule has 0 saturated carbocycles. The monoisotopic (exact) mass is 1520 g/mol. The van der Waals surface area contributed by atoms with E-state index in [4.69, 9.17) is 46.4 Å². The van der Waals surface area contributed by atoms with Gasteiger partial charge in [-0.3, -0.25) is 9.59 Å². The maximum atomic E-state index is 13.9. The molecule has 5 fully saturated rings. The van der Waals surface area contributed by atoms with Crippen molar-refractivity contribution < 1.29 is 80.9 Å². The number of benzene rings is 2. The van der Waals surface area contributed by atoms with Crippen LogP contribution in [0.1, 0.15) is 187 Å². The van der Waals surface area contributed by atoms with Gasteiger partial charge in [0.1, 0.15) is 72.9 Å². The summed E-state index contributed by atoms with van der Waals surface area (Å²) in [5, 5.41) is 30.7. The lowest BCUT2D eigenvalue weighted by atomic mass is 9.87. The summed E-state index contributed by atoms with van der Waals surface area (Å²) in [7, 11) is -7.24. The molecule has 2 aromatic carbocycles. The lowest BCUT2D eigenvalue weighted by molar-refractivity contribution is -0.267. The second-order valence-corrected chi connectivity index (χ2v) is 47.7. The van der Waals surface area contributed by atoms with Crippen LogP contribution in [-0.2, 0) is 56.0 Å². The number of fused-ring (bicyclic) bond motifs is 3. The molecule has 17 atom stereocenters. The average Bonchev–Trinajstić information content (AvgIpc) is 1.31. The van der Waals surface area contributed by atoms with E-state index < -0.39 is 104 Å². The predicted octanol–water partition coefficient (Wildman–Crippen LogP) is 15.8. The molecule has 5 aliphatic rings. The van der Waals surface area contributed by atoms with Crippen molar-refractivity contribution in [1.82, 2.24) is 0 Å². The fraction of sp³-hybridized carbons (Fsp3) is 0.703. The molecule has 5 heterocycles. The van der Waals surface area contributed by atoms with Crippen LogP contribution in [0.5, 0.6) is 0 Å². The van der Waals surface area contributed by atoms with Crippen LogP contribution < -0.4 is 0 Å². The number of halogens is 2. The number of allylic oxidation sites excluding steroid dienone is 1. The van der Waals surface area contributed by atoms with Crippen LogP contribution in [0.25, 0.3) is 0 Å². The van der Waals surface area contributed by atoms with E-state index in [0.29, 0.717) is 65.0 Å². The van der Waals surface area contributed by atoms with Crippen molar-refractivity contribution in [1.29, 1.82) is 0 Å². The first kappa shape index (κ1) is 83.8. The molecule has 22 heteroatoms. The van der Waals surface area contributed by atoms with Crippen molar-refractivity contribution in [2.45, 2.75) is 325 Å². The van der Waals surface area contributed by atoms with Gasteiger partial charge in [0.2, 0.25) is 0 Å². The number of Topliss-reactive ketones (excluding diaryl/α,β-unsaturated/α-hetero) is 1. The number of carbonyl (C=O) groups excluding carboxylic acids is 4. The van der Waals surface area contributed by atoms with Gasteiger partial charge in [0.15, 0.2) is 30.7 Å². The van der Waals surface area contributed by atoms with Crippen LogP contribution in [0.3, 0.4) is 0 Å². The van der Waals surface area contributed by atoms with Crippen LogP contribution in [0.2, 0.25) is 54.4 Å². The minimum absolute atomic E-state index is 0. The Kier molecular flexibility index (Phi) is 31.7. The number of carbonyl (C=O) groups is 4. The summed E-state index contributed by atoms with van der Waals surface area (Å²) in [5.41, 5.74) is 0.892. The third kappa shape index (κ3) is 23.3. The third-order valence-corrected chi connectivity index (χ3v) is 34.6. The average molecular weight is 1520 g/mol. The highest BCUT2D eigenvalue weighted by atomic mass is 79.9. The number of aliphatic hydroxyl groups excluding tert-OH is 3. The minimum Gasteiger partial charge on any atom is -0.458 e. The van der Waals surface area contributed by atoms with E-state index in [1.807, 2.05) is 18.2 Å². The van der Waals surface area contributed by atoms with Gasteiger partial charge in [-0.1, -0.05) is 171 Å². The fourth-order valence-corrected chi connectivity index (χ4v) is 16.6. The third-order valence-electron chi connectivity index (χ3n) is 20.6. The van der Waals surface area contributed by atoms with Gasteiger partial charge in [0.05, 0.1) is 47.8 Å². The number of esters is 2. The molecule has 5 saturated heterocycles. The van der Waals surface area contributed by atoms with Crippen molar-refractivity contribution >= 4 is 80.3 Å². The van der Waals surface area contributed by atoms with Crippen LogP contribution >= 0.6 is 31.9 Å². The summed E-state index contributed by atoms with van der Waals surface area (Å²) in [4.78, 5) is 52.1. The van der Waals surface area contributed by atoms with E-state index in [1.54, 1.807) is 54.6 Å².